The van der Waals surface area contributed by atoms with E-state index in [1.807, 2.05) is 6.08 Å². The summed E-state index contributed by atoms with van der Waals surface area (Å²) in [6.45, 7) is 0. The average Bonchev–Trinajstić information content (AvgIpc) is 1.69. The molecule has 1 rings (SSSR count). The normalized spacial score (nSPS) is 18.0. The van der Waals surface area contributed by atoms with Gasteiger partial charge in [0.2, 0.25) is 0 Å². The van der Waals surface area contributed by atoms with Gasteiger partial charge in [-0.05, 0) is 0 Å². The van der Waals surface area contributed by atoms with Crippen LogP contribution in [0, 0.1) is 5.41 Å². The van der Waals surface area contributed by atoms with Gasteiger partial charge in [0.05, 0.1) is 5.71 Å². The maximum absolute atomic E-state index is 6.99. The summed E-state index contributed by atoms with van der Waals surface area (Å²) < 4.78 is 0. The second kappa shape index (κ2) is 1.69. The topological polar surface area (TPSA) is 36.2 Å². The minimum atomic E-state index is 0.586. The molecule has 0 saturated heterocycles. The molecule has 0 amide bonds. The lowest BCUT2D eigenvalue weighted by Crippen LogP contribution is -1.96. The summed E-state index contributed by atoms with van der Waals surface area (Å²) in [5.74, 6) is 0. The lowest BCUT2D eigenvalue weighted by atomic mass is 10.2. The molecule has 2 heteroatoms. The zero-order valence-electron chi connectivity index (χ0n) is 3.89. The number of hydrogen-bond donors (Lipinski definition) is 1. The van der Waals surface area contributed by atoms with Crippen molar-refractivity contribution in [3.63, 3.8) is 0 Å². The van der Waals surface area contributed by atoms with Crippen LogP contribution in [0.2, 0.25) is 0 Å². The van der Waals surface area contributed by atoms with Gasteiger partial charge in [0.15, 0.2) is 0 Å². The quantitative estimate of drug-likeness (QED) is 0.465. The Morgan fingerprint density at radius 2 is 2.57 bits per heavy atom. The molecule has 7 heavy (non-hydrogen) atoms. The second-order valence-electron chi connectivity index (χ2n) is 1.39. The van der Waals surface area contributed by atoms with E-state index in [4.69, 9.17) is 5.41 Å². The highest BCUT2D eigenvalue weighted by Gasteiger charge is 1.88. The van der Waals surface area contributed by atoms with Crippen LogP contribution in [0.25, 0.3) is 0 Å². The van der Waals surface area contributed by atoms with E-state index in [1.54, 1.807) is 12.4 Å². The van der Waals surface area contributed by atoms with Gasteiger partial charge < -0.3 is 5.41 Å². The Hall–Kier alpha value is -0.920. The molecule has 1 N–H and O–H groups in total. The van der Waals surface area contributed by atoms with Gasteiger partial charge in [0.1, 0.15) is 0 Å². The monoisotopic (exact) mass is 94.1 g/mol. The molecule has 1 heterocycles. The molecule has 0 saturated carbocycles. The Bertz CT molecular complexity index is 133. The lowest BCUT2D eigenvalue weighted by Gasteiger charge is -1.91. The highest BCUT2D eigenvalue weighted by Crippen LogP contribution is 1.90. The second-order valence-corrected chi connectivity index (χ2v) is 1.39. The van der Waals surface area contributed by atoms with E-state index < -0.39 is 0 Å². The predicted molar refractivity (Wildman–Crippen MR) is 30.0 cm³/mol. The highest BCUT2D eigenvalue weighted by molar-refractivity contribution is 6.30. The fourth-order valence-corrected chi connectivity index (χ4v) is 0.426. The van der Waals surface area contributed by atoms with Gasteiger partial charge in [-0.25, -0.2) is 0 Å². The molecule has 1 aliphatic rings. The van der Waals surface area contributed by atoms with Crippen LogP contribution in [0.15, 0.2) is 17.3 Å². The largest absolute Gasteiger partial charge is 0.303 e. The molecular formula is C5H6N2. The van der Waals surface area contributed by atoms with Crippen molar-refractivity contribution in [1.82, 2.24) is 0 Å². The zero-order chi connectivity index (χ0) is 5.11. The lowest BCUT2D eigenvalue weighted by molar-refractivity contribution is 1.35. The summed E-state index contributed by atoms with van der Waals surface area (Å²) >= 11 is 0. The number of allylic oxidation sites excluding steroid dienone is 1. The minimum absolute atomic E-state index is 0.586. The molecule has 0 aliphatic carbocycles. The van der Waals surface area contributed by atoms with Gasteiger partial charge in [-0.15, -0.1) is 0 Å². The maximum Gasteiger partial charge on any atom is 0.0534 e. The molecule has 0 bridgehead atoms. The molecule has 0 spiro atoms. The molecule has 0 aromatic heterocycles. The smallest absolute Gasteiger partial charge is 0.0534 e. The molecule has 0 atom stereocenters. The summed E-state index contributed by atoms with van der Waals surface area (Å²) in [5, 5.41) is 6.99. The molecule has 0 radical (unpaired) electrons. The molecular weight excluding hydrogens is 88.1 g/mol. The van der Waals surface area contributed by atoms with Crippen molar-refractivity contribution in [2.24, 2.45) is 4.99 Å². The number of rotatable bonds is 0. The van der Waals surface area contributed by atoms with E-state index in [9.17, 15) is 0 Å². The Labute approximate surface area is 42.1 Å². The van der Waals surface area contributed by atoms with Crippen molar-refractivity contribution in [2.45, 2.75) is 6.42 Å². The van der Waals surface area contributed by atoms with Crippen molar-refractivity contribution in [2.75, 3.05) is 0 Å². The van der Waals surface area contributed by atoms with Crippen LogP contribution in [0.4, 0.5) is 0 Å². The molecule has 0 aromatic rings. The third-order valence-corrected chi connectivity index (χ3v) is 0.760. The summed E-state index contributed by atoms with van der Waals surface area (Å²) in [7, 11) is 0. The first-order valence-corrected chi connectivity index (χ1v) is 2.15. The van der Waals surface area contributed by atoms with E-state index in [-0.39, 0.29) is 0 Å². The van der Waals surface area contributed by atoms with Crippen molar-refractivity contribution >= 4 is 11.9 Å². The Balaban J connectivity index is 2.66. The van der Waals surface area contributed by atoms with Gasteiger partial charge in [-0.1, -0.05) is 6.08 Å². The third kappa shape index (κ3) is 0.961. The summed E-state index contributed by atoms with van der Waals surface area (Å²) in [5.41, 5.74) is 0.586. The van der Waals surface area contributed by atoms with E-state index in [0.29, 0.717) is 5.71 Å². The molecule has 1 aliphatic heterocycles. The van der Waals surface area contributed by atoms with Crippen molar-refractivity contribution in [1.29, 1.82) is 5.41 Å². The number of nitrogens with zero attached hydrogens (tertiary/aromatic N) is 1. The Morgan fingerprint density at radius 3 is 2.86 bits per heavy atom. The molecule has 36 valence electrons. The first kappa shape index (κ1) is 4.24. The predicted octanol–water partition coefficient (Wildman–Crippen LogP) is 0.994. The SMILES string of the molecule is N=C1C=NC=CC1. The maximum atomic E-state index is 6.99. The molecule has 2 nitrogen and oxygen atoms in total. The van der Waals surface area contributed by atoms with Crippen LogP contribution in [0.1, 0.15) is 6.42 Å². The van der Waals surface area contributed by atoms with Crippen LogP contribution in [-0.2, 0) is 0 Å². The van der Waals surface area contributed by atoms with E-state index in [0.717, 1.165) is 6.42 Å². The fraction of sp³-hybridized carbons (Fsp3) is 0.200. The highest BCUT2D eigenvalue weighted by atomic mass is 14.7. The van der Waals surface area contributed by atoms with E-state index in [1.165, 1.54) is 0 Å². The first-order valence-electron chi connectivity index (χ1n) is 2.15. The number of nitrogens with one attached hydrogen (secondary N) is 1. The Kier molecular flexibility index (Phi) is 1.02. The van der Waals surface area contributed by atoms with Crippen LogP contribution >= 0.6 is 0 Å². The molecule has 0 unspecified atom stereocenters. The van der Waals surface area contributed by atoms with E-state index in [2.05, 4.69) is 4.99 Å². The average molecular weight is 94.1 g/mol. The van der Waals surface area contributed by atoms with Crippen molar-refractivity contribution < 1.29 is 0 Å². The van der Waals surface area contributed by atoms with Crippen LogP contribution < -0.4 is 0 Å². The van der Waals surface area contributed by atoms with Gasteiger partial charge in [0.25, 0.3) is 0 Å². The zero-order valence-corrected chi connectivity index (χ0v) is 3.89. The van der Waals surface area contributed by atoms with Gasteiger partial charge in [-0.2, -0.15) is 0 Å². The number of aliphatic imine (C=N–C) groups is 1. The van der Waals surface area contributed by atoms with E-state index >= 15 is 0 Å². The summed E-state index contributed by atoms with van der Waals surface area (Å²) in [6.07, 6.45) is 5.86. The van der Waals surface area contributed by atoms with Crippen LogP contribution in [0.5, 0.6) is 0 Å². The van der Waals surface area contributed by atoms with Crippen LogP contribution in [0.3, 0.4) is 0 Å². The summed E-state index contributed by atoms with van der Waals surface area (Å²) in [4.78, 5) is 3.73. The van der Waals surface area contributed by atoms with Gasteiger partial charge in [0, 0.05) is 18.8 Å². The number of hydrogen-bond acceptors (Lipinski definition) is 2. The fourth-order valence-electron chi connectivity index (χ4n) is 0.426. The van der Waals surface area contributed by atoms with Crippen molar-refractivity contribution in [3.05, 3.63) is 12.3 Å². The Morgan fingerprint density at radius 1 is 1.71 bits per heavy atom. The van der Waals surface area contributed by atoms with Crippen molar-refractivity contribution in [3.8, 4) is 0 Å². The molecule has 0 aromatic carbocycles. The standard InChI is InChI=1S/C5H6N2/c6-5-2-1-3-7-4-5/h1,3-4,6H,2H2. The third-order valence-electron chi connectivity index (χ3n) is 0.760. The first-order chi connectivity index (χ1) is 3.39. The van der Waals surface area contributed by atoms with Crippen LogP contribution in [-0.4, -0.2) is 11.9 Å². The molecule has 0 fully saturated rings. The summed E-state index contributed by atoms with van der Waals surface area (Å²) in [6, 6.07) is 0. The van der Waals surface area contributed by atoms with Gasteiger partial charge in [-0.3, -0.25) is 4.99 Å². The van der Waals surface area contributed by atoms with Gasteiger partial charge >= 0.3 is 0 Å². The minimum Gasteiger partial charge on any atom is -0.303 e.